The zero-order valence-electron chi connectivity index (χ0n) is 22.5. The third-order valence-electron chi connectivity index (χ3n) is 6.41. The molecular weight excluding hydrogens is 472 g/mol. The van der Waals surface area contributed by atoms with Gasteiger partial charge in [-0.1, -0.05) is 19.9 Å². The zero-order valence-corrected chi connectivity index (χ0v) is 22.5. The van der Waals surface area contributed by atoms with Crippen LogP contribution in [0.1, 0.15) is 51.8 Å². The van der Waals surface area contributed by atoms with Crippen molar-refractivity contribution in [3.8, 4) is 17.2 Å². The molecule has 0 aromatic heterocycles. The standard InChI is InChI=1S/C29H38N2O6/c1-6-30(7-2)17-18-31-26(21-13-16-23(36-9-4)24(19-21)37-10-5)25(28(33)29(31)34)27(32)20-11-14-22(15-12-20)35-8-3/h11-16,19,26,32H,6-10,17-18H2,1-5H3/t26-/m1/s1. The number of likely N-dealkylation sites (N-methyl/N-ethyl adjacent to an activating group) is 1. The molecule has 1 N–H and O–H groups in total. The number of amides is 1. The summed E-state index contributed by atoms with van der Waals surface area (Å²) < 4.78 is 17.0. The Morgan fingerprint density at radius 1 is 0.865 bits per heavy atom. The summed E-state index contributed by atoms with van der Waals surface area (Å²) in [6, 6.07) is 11.5. The van der Waals surface area contributed by atoms with Gasteiger partial charge in [-0.05, 0) is 75.8 Å². The van der Waals surface area contributed by atoms with E-state index in [9.17, 15) is 14.7 Å². The van der Waals surface area contributed by atoms with Gasteiger partial charge in [0, 0.05) is 18.7 Å². The molecule has 3 rings (SSSR count). The minimum absolute atomic E-state index is 0.0558. The Hall–Kier alpha value is -3.52. The number of nitrogens with zero attached hydrogens (tertiary/aromatic N) is 2. The third kappa shape index (κ3) is 6.25. The van der Waals surface area contributed by atoms with Gasteiger partial charge in [0.05, 0.1) is 31.4 Å². The van der Waals surface area contributed by atoms with Crippen molar-refractivity contribution in [2.45, 2.75) is 40.7 Å². The van der Waals surface area contributed by atoms with E-state index < -0.39 is 17.7 Å². The minimum Gasteiger partial charge on any atom is -0.507 e. The van der Waals surface area contributed by atoms with Crippen molar-refractivity contribution in [3.63, 3.8) is 0 Å². The molecule has 0 radical (unpaired) electrons. The fourth-order valence-corrected chi connectivity index (χ4v) is 4.52. The number of aliphatic hydroxyl groups excluding tert-OH is 1. The van der Waals surface area contributed by atoms with Crippen LogP contribution in [-0.2, 0) is 9.59 Å². The van der Waals surface area contributed by atoms with Crippen molar-refractivity contribution in [3.05, 3.63) is 59.2 Å². The summed E-state index contributed by atoms with van der Waals surface area (Å²) in [4.78, 5) is 30.4. The summed E-state index contributed by atoms with van der Waals surface area (Å²) in [5.74, 6) is 0.211. The molecule has 1 atom stereocenters. The number of ether oxygens (including phenoxy) is 3. The van der Waals surface area contributed by atoms with E-state index in [0.29, 0.717) is 61.3 Å². The molecule has 200 valence electrons. The van der Waals surface area contributed by atoms with Crippen LogP contribution >= 0.6 is 0 Å². The first kappa shape index (κ1) is 28.1. The molecule has 0 bridgehead atoms. The quantitative estimate of drug-likeness (QED) is 0.238. The Labute approximate surface area is 219 Å². The SMILES string of the molecule is CCOc1ccc(C(O)=C2C(=O)C(=O)N(CCN(CC)CC)[C@@H]2c2ccc(OCC)c(OCC)c2)cc1. The third-order valence-corrected chi connectivity index (χ3v) is 6.41. The van der Waals surface area contributed by atoms with E-state index >= 15 is 0 Å². The highest BCUT2D eigenvalue weighted by atomic mass is 16.5. The lowest BCUT2D eigenvalue weighted by molar-refractivity contribution is -0.140. The lowest BCUT2D eigenvalue weighted by Gasteiger charge is -2.28. The number of benzene rings is 2. The smallest absolute Gasteiger partial charge is 0.295 e. The monoisotopic (exact) mass is 510 g/mol. The molecular formula is C29H38N2O6. The maximum Gasteiger partial charge on any atom is 0.295 e. The minimum atomic E-state index is -0.767. The van der Waals surface area contributed by atoms with Gasteiger partial charge in [-0.2, -0.15) is 0 Å². The van der Waals surface area contributed by atoms with E-state index in [0.717, 1.165) is 13.1 Å². The number of hydrogen-bond acceptors (Lipinski definition) is 7. The van der Waals surface area contributed by atoms with Crippen LogP contribution in [0.4, 0.5) is 0 Å². The maximum absolute atomic E-state index is 13.3. The largest absolute Gasteiger partial charge is 0.507 e. The van der Waals surface area contributed by atoms with Gasteiger partial charge in [0.15, 0.2) is 11.5 Å². The first-order valence-corrected chi connectivity index (χ1v) is 13.0. The van der Waals surface area contributed by atoms with Gasteiger partial charge in [0.1, 0.15) is 11.5 Å². The van der Waals surface area contributed by atoms with Crippen LogP contribution in [0.15, 0.2) is 48.0 Å². The molecule has 37 heavy (non-hydrogen) atoms. The average Bonchev–Trinajstić information content (AvgIpc) is 3.16. The van der Waals surface area contributed by atoms with E-state index in [2.05, 4.69) is 18.7 Å². The van der Waals surface area contributed by atoms with E-state index in [4.69, 9.17) is 14.2 Å². The molecule has 1 heterocycles. The molecule has 0 saturated carbocycles. The molecule has 0 spiro atoms. The predicted octanol–water partition coefficient (Wildman–Crippen LogP) is 4.65. The second-order valence-corrected chi connectivity index (χ2v) is 8.55. The molecule has 1 fully saturated rings. The molecule has 2 aromatic carbocycles. The van der Waals surface area contributed by atoms with Crippen LogP contribution in [0.2, 0.25) is 0 Å². The van der Waals surface area contributed by atoms with Crippen molar-refractivity contribution in [1.29, 1.82) is 0 Å². The van der Waals surface area contributed by atoms with Gasteiger partial charge in [0.2, 0.25) is 0 Å². The average molecular weight is 511 g/mol. The summed E-state index contributed by atoms with van der Waals surface area (Å²) in [7, 11) is 0. The Kier molecular flexibility index (Phi) is 9.97. The Bertz CT molecular complexity index is 1110. The summed E-state index contributed by atoms with van der Waals surface area (Å²) in [5, 5.41) is 11.3. The van der Waals surface area contributed by atoms with Gasteiger partial charge in [-0.15, -0.1) is 0 Å². The second kappa shape index (κ2) is 13.1. The van der Waals surface area contributed by atoms with Crippen molar-refractivity contribution >= 4 is 17.4 Å². The number of carbonyl (C=O) groups is 2. The van der Waals surface area contributed by atoms with Gasteiger partial charge in [-0.3, -0.25) is 9.59 Å². The first-order valence-electron chi connectivity index (χ1n) is 13.0. The fraction of sp³-hybridized carbons (Fsp3) is 0.448. The Morgan fingerprint density at radius 3 is 2.08 bits per heavy atom. The lowest BCUT2D eigenvalue weighted by Crippen LogP contribution is -2.38. The number of hydrogen-bond donors (Lipinski definition) is 1. The Morgan fingerprint density at radius 2 is 1.49 bits per heavy atom. The van der Waals surface area contributed by atoms with Crippen LogP contribution in [0.25, 0.3) is 5.76 Å². The maximum atomic E-state index is 13.3. The van der Waals surface area contributed by atoms with Crippen molar-refractivity contribution < 1.29 is 28.9 Å². The highest BCUT2D eigenvalue weighted by Gasteiger charge is 2.46. The fourth-order valence-electron chi connectivity index (χ4n) is 4.52. The molecule has 1 aliphatic heterocycles. The second-order valence-electron chi connectivity index (χ2n) is 8.55. The number of likely N-dealkylation sites (tertiary alicyclic amines) is 1. The summed E-state index contributed by atoms with van der Waals surface area (Å²) >= 11 is 0. The van der Waals surface area contributed by atoms with Crippen LogP contribution in [0.5, 0.6) is 17.2 Å². The van der Waals surface area contributed by atoms with Crippen LogP contribution < -0.4 is 14.2 Å². The van der Waals surface area contributed by atoms with Gasteiger partial charge >= 0.3 is 0 Å². The van der Waals surface area contributed by atoms with Crippen LogP contribution in [-0.4, -0.2) is 72.6 Å². The highest BCUT2D eigenvalue weighted by Crippen LogP contribution is 2.42. The Balaban J connectivity index is 2.13. The van der Waals surface area contributed by atoms with E-state index in [1.54, 1.807) is 41.3 Å². The molecule has 8 heteroatoms. The zero-order chi connectivity index (χ0) is 26.9. The van der Waals surface area contributed by atoms with Crippen LogP contribution in [0, 0.1) is 0 Å². The summed E-state index contributed by atoms with van der Waals surface area (Å²) in [6.45, 7) is 13.8. The molecule has 1 saturated heterocycles. The number of ketones is 1. The summed E-state index contributed by atoms with van der Waals surface area (Å²) in [5.41, 5.74) is 1.16. The first-order chi connectivity index (χ1) is 17.9. The number of Topliss-reactive ketones (excluding diaryl/α,β-unsaturated/α-hetero) is 1. The number of carbonyl (C=O) groups excluding carboxylic acids is 2. The molecule has 1 aliphatic rings. The number of aliphatic hydroxyl groups is 1. The molecule has 2 aromatic rings. The van der Waals surface area contributed by atoms with Gasteiger partial charge in [0.25, 0.3) is 11.7 Å². The molecule has 8 nitrogen and oxygen atoms in total. The summed E-state index contributed by atoms with van der Waals surface area (Å²) in [6.07, 6.45) is 0. The highest BCUT2D eigenvalue weighted by molar-refractivity contribution is 6.46. The van der Waals surface area contributed by atoms with Gasteiger partial charge in [-0.25, -0.2) is 0 Å². The van der Waals surface area contributed by atoms with E-state index in [1.807, 2.05) is 26.8 Å². The lowest BCUT2D eigenvalue weighted by atomic mass is 9.95. The normalized spacial score (nSPS) is 16.9. The van der Waals surface area contributed by atoms with E-state index in [1.165, 1.54) is 0 Å². The van der Waals surface area contributed by atoms with Crippen LogP contribution in [0.3, 0.4) is 0 Å². The topological polar surface area (TPSA) is 88.5 Å². The molecule has 0 unspecified atom stereocenters. The van der Waals surface area contributed by atoms with Crippen molar-refractivity contribution in [1.82, 2.24) is 9.80 Å². The predicted molar refractivity (Wildman–Crippen MR) is 143 cm³/mol. The molecule has 0 aliphatic carbocycles. The number of rotatable bonds is 13. The molecule has 1 amide bonds. The van der Waals surface area contributed by atoms with Crippen molar-refractivity contribution in [2.75, 3.05) is 46.0 Å². The van der Waals surface area contributed by atoms with Gasteiger partial charge < -0.3 is 29.1 Å². The van der Waals surface area contributed by atoms with Crippen molar-refractivity contribution in [2.24, 2.45) is 0 Å². The van der Waals surface area contributed by atoms with E-state index in [-0.39, 0.29) is 11.3 Å².